The Balaban J connectivity index is 1.96. The summed E-state index contributed by atoms with van der Waals surface area (Å²) in [6.07, 6.45) is 0.542. The highest BCUT2D eigenvalue weighted by Gasteiger charge is 2.22. The van der Waals surface area contributed by atoms with Crippen LogP contribution in [0.3, 0.4) is 0 Å². The van der Waals surface area contributed by atoms with Gasteiger partial charge in [0.25, 0.3) is 0 Å². The molecule has 0 aliphatic carbocycles. The minimum absolute atomic E-state index is 0.173. The van der Waals surface area contributed by atoms with Crippen molar-refractivity contribution in [3.05, 3.63) is 41.2 Å². The second-order valence-corrected chi connectivity index (χ2v) is 5.87. The van der Waals surface area contributed by atoms with Crippen molar-refractivity contribution < 1.29 is 4.39 Å². The van der Waals surface area contributed by atoms with Gasteiger partial charge in [-0.1, -0.05) is 12.1 Å². The first kappa shape index (κ1) is 15.5. The number of nitrogens with two attached hydrogens (primary N) is 2. The third kappa shape index (κ3) is 3.50. The minimum atomic E-state index is -0.258. The molecule has 3 rings (SSSR count). The lowest BCUT2D eigenvalue weighted by atomic mass is 10.0. The molecule has 6 nitrogen and oxygen atoms in total. The second-order valence-electron chi connectivity index (χ2n) is 5.87. The first-order valence-corrected chi connectivity index (χ1v) is 7.67. The smallest absolute Gasteiger partial charge is 0.223 e. The molecular formula is C16H21FN6. The number of benzene rings is 1. The summed E-state index contributed by atoms with van der Waals surface area (Å²) >= 11 is 0. The van der Waals surface area contributed by atoms with Crippen LogP contribution < -0.4 is 21.7 Å². The lowest BCUT2D eigenvalue weighted by Crippen LogP contribution is -2.50. The van der Waals surface area contributed by atoms with E-state index in [1.165, 1.54) is 12.1 Å². The van der Waals surface area contributed by atoms with Gasteiger partial charge >= 0.3 is 0 Å². The van der Waals surface area contributed by atoms with Crippen molar-refractivity contribution in [1.82, 2.24) is 15.3 Å². The van der Waals surface area contributed by atoms with Gasteiger partial charge in [0, 0.05) is 37.7 Å². The van der Waals surface area contributed by atoms with E-state index in [4.69, 9.17) is 11.5 Å². The number of hydrogen-bond acceptors (Lipinski definition) is 6. The first-order valence-electron chi connectivity index (χ1n) is 7.67. The van der Waals surface area contributed by atoms with E-state index in [1.807, 2.05) is 0 Å². The molecule has 0 unspecified atom stereocenters. The predicted molar refractivity (Wildman–Crippen MR) is 89.7 cm³/mol. The average molecular weight is 316 g/mol. The van der Waals surface area contributed by atoms with Crippen molar-refractivity contribution >= 4 is 17.6 Å². The van der Waals surface area contributed by atoms with Crippen LogP contribution in [-0.4, -0.2) is 35.6 Å². The van der Waals surface area contributed by atoms with Crippen LogP contribution in [0.15, 0.2) is 24.3 Å². The Hall–Kier alpha value is -2.41. The largest absolute Gasteiger partial charge is 0.383 e. The van der Waals surface area contributed by atoms with Crippen LogP contribution in [0.25, 0.3) is 0 Å². The molecule has 0 amide bonds. The van der Waals surface area contributed by atoms with Crippen LogP contribution in [0.5, 0.6) is 0 Å². The van der Waals surface area contributed by atoms with Crippen molar-refractivity contribution in [2.75, 3.05) is 36.0 Å². The molecule has 1 saturated heterocycles. The summed E-state index contributed by atoms with van der Waals surface area (Å²) in [6, 6.07) is 6.73. The van der Waals surface area contributed by atoms with E-state index in [0.29, 0.717) is 18.3 Å². The lowest BCUT2D eigenvalue weighted by Gasteiger charge is -2.34. The Morgan fingerprint density at radius 3 is 2.70 bits per heavy atom. The molecule has 1 aromatic heterocycles. The Kier molecular flexibility index (Phi) is 4.29. The van der Waals surface area contributed by atoms with Gasteiger partial charge in [-0.2, -0.15) is 9.97 Å². The Bertz CT molecular complexity index is 688. The fraction of sp³-hybridized carbons (Fsp3) is 0.375. The van der Waals surface area contributed by atoms with Gasteiger partial charge in [0.15, 0.2) is 0 Å². The summed E-state index contributed by atoms with van der Waals surface area (Å²) in [7, 11) is 0. The zero-order chi connectivity index (χ0) is 16.4. The van der Waals surface area contributed by atoms with Crippen molar-refractivity contribution in [3.63, 3.8) is 0 Å². The zero-order valence-electron chi connectivity index (χ0n) is 13.1. The molecule has 0 saturated carbocycles. The zero-order valence-corrected chi connectivity index (χ0v) is 13.1. The van der Waals surface area contributed by atoms with E-state index in [2.05, 4.69) is 27.1 Å². The molecule has 23 heavy (non-hydrogen) atoms. The highest BCUT2D eigenvalue weighted by Crippen LogP contribution is 2.27. The van der Waals surface area contributed by atoms with Gasteiger partial charge in [-0.05, 0) is 24.6 Å². The van der Waals surface area contributed by atoms with E-state index in [1.54, 1.807) is 12.1 Å². The second kappa shape index (κ2) is 6.37. The molecule has 0 bridgehead atoms. The fourth-order valence-corrected chi connectivity index (χ4v) is 2.87. The monoisotopic (exact) mass is 316 g/mol. The molecule has 122 valence electrons. The van der Waals surface area contributed by atoms with Gasteiger partial charge in [0.1, 0.15) is 17.5 Å². The average Bonchev–Trinajstić information content (AvgIpc) is 2.51. The summed E-state index contributed by atoms with van der Waals surface area (Å²) in [5, 5.41) is 3.40. The number of rotatable bonds is 3. The Morgan fingerprint density at radius 2 is 2.00 bits per heavy atom. The SMILES string of the molecule is C[C@@H]1CN(c2nc(N)nc(N)c2Cc2ccc(F)cc2)CCN1. The third-order valence-electron chi connectivity index (χ3n) is 4.00. The predicted octanol–water partition coefficient (Wildman–Crippen LogP) is 1.17. The summed E-state index contributed by atoms with van der Waals surface area (Å²) in [5.41, 5.74) is 13.7. The van der Waals surface area contributed by atoms with Gasteiger partial charge in [0.05, 0.1) is 0 Å². The van der Waals surface area contributed by atoms with Crippen LogP contribution in [0, 0.1) is 5.82 Å². The van der Waals surface area contributed by atoms with Crippen molar-refractivity contribution in [2.24, 2.45) is 0 Å². The van der Waals surface area contributed by atoms with Crippen LogP contribution in [0.4, 0.5) is 22.0 Å². The number of hydrogen-bond donors (Lipinski definition) is 3. The molecule has 1 fully saturated rings. The van der Waals surface area contributed by atoms with Gasteiger partial charge in [-0.15, -0.1) is 0 Å². The number of anilines is 3. The molecule has 1 aliphatic heterocycles. The summed E-state index contributed by atoms with van der Waals surface area (Å²) < 4.78 is 13.1. The molecule has 1 atom stereocenters. The van der Waals surface area contributed by atoms with Crippen molar-refractivity contribution in [1.29, 1.82) is 0 Å². The van der Waals surface area contributed by atoms with Gasteiger partial charge in [-0.3, -0.25) is 0 Å². The molecule has 7 heteroatoms. The van der Waals surface area contributed by atoms with Crippen molar-refractivity contribution in [2.45, 2.75) is 19.4 Å². The highest BCUT2D eigenvalue weighted by atomic mass is 19.1. The summed E-state index contributed by atoms with van der Waals surface area (Å²) in [6.45, 7) is 4.66. The quantitative estimate of drug-likeness (QED) is 0.787. The van der Waals surface area contributed by atoms with Gasteiger partial charge < -0.3 is 21.7 Å². The van der Waals surface area contributed by atoms with Crippen molar-refractivity contribution in [3.8, 4) is 0 Å². The molecule has 1 aliphatic rings. The molecule has 0 radical (unpaired) electrons. The molecule has 2 aromatic rings. The number of halogens is 1. The maximum Gasteiger partial charge on any atom is 0.223 e. The van der Waals surface area contributed by atoms with Gasteiger partial charge in [0.2, 0.25) is 5.95 Å². The summed E-state index contributed by atoms with van der Waals surface area (Å²) in [5.74, 6) is 1.06. The number of piperazine rings is 1. The van der Waals surface area contributed by atoms with Crippen LogP contribution in [0.1, 0.15) is 18.1 Å². The molecule has 0 spiro atoms. The molecule has 5 N–H and O–H groups in total. The van der Waals surface area contributed by atoms with E-state index in [-0.39, 0.29) is 11.8 Å². The number of nitrogen functional groups attached to an aromatic ring is 2. The van der Waals surface area contributed by atoms with Crippen LogP contribution in [-0.2, 0) is 6.42 Å². The molecular weight excluding hydrogens is 295 g/mol. The fourth-order valence-electron chi connectivity index (χ4n) is 2.87. The normalized spacial score (nSPS) is 18.2. The van der Waals surface area contributed by atoms with Crippen LogP contribution in [0.2, 0.25) is 0 Å². The Labute approximate surface area is 134 Å². The lowest BCUT2D eigenvalue weighted by molar-refractivity contribution is 0.481. The van der Waals surface area contributed by atoms with E-state index < -0.39 is 0 Å². The first-order chi connectivity index (χ1) is 11.0. The minimum Gasteiger partial charge on any atom is -0.383 e. The summed E-state index contributed by atoms with van der Waals surface area (Å²) in [4.78, 5) is 10.7. The standard InChI is InChI=1S/C16H21FN6/c1-10-9-23(7-6-20-10)15-13(14(18)21-16(19)22-15)8-11-2-4-12(17)5-3-11/h2-5,10,20H,6-9H2,1H3,(H4,18,19,21,22)/t10-/m1/s1. The number of nitrogens with zero attached hydrogens (tertiary/aromatic N) is 3. The highest BCUT2D eigenvalue weighted by molar-refractivity contribution is 5.61. The number of aromatic nitrogens is 2. The topological polar surface area (TPSA) is 93.1 Å². The molecule has 2 heterocycles. The van der Waals surface area contributed by atoms with Crippen LogP contribution >= 0.6 is 0 Å². The van der Waals surface area contributed by atoms with E-state index in [9.17, 15) is 4.39 Å². The Morgan fingerprint density at radius 1 is 1.26 bits per heavy atom. The third-order valence-corrected chi connectivity index (χ3v) is 4.00. The number of nitrogens with one attached hydrogen (secondary N) is 1. The molecule has 1 aromatic carbocycles. The maximum absolute atomic E-state index is 13.1. The maximum atomic E-state index is 13.1. The van der Waals surface area contributed by atoms with E-state index >= 15 is 0 Å². The van der Waals surface area contributed by atoms with Gasteiger partial charge in [-0.25, -0.2) is 4.39 Å². The van der Waals surface area contributed by atoms with E-state index in [0.717, 1.165) is 36.6 Å².